The van der Waals surface area contributed by atoms with Crippen molar-refractivity contribution in [1.29, 1.82) is 0 Å². The molecule has 2 aromatic rings. The summed E-state index contributed by atoms with van der Waals surface area (Å²) in [6.07, 6.45) is 3.36. The smallest absolute Gasteiger partial charge is 0.326 e. The molecule has 1 aromatic heterocycles. The van der Waals surface area contributed by atoms with E-state index in [1.807, 2.05) is 0 Å². The van der Waals surface area contributed by atoms with Gasteiger partial charge in [0.25, 0.3) is 0 Å². The van der Waals surface area contributed by atoms with Gasteiger partial charge in [-0.25, -0.2) is 9.18 Å². The van der Waals surface area contributed by atoms with Crippen molar-refractivity contribution in [3.05, 3.63) is 47.4 Å². The van der Waals surface area contributed by atoms with E-state index in [4.69, 9.17) is 0 Å². The number of allylic oxidation sites excluding steroid dienone is 1. The first-order valence-corrected chi connectivity index (χ1v) is 6.84. The first kappa shape index (κ1) is 15.8. The summed E-state index contributed by atoms with van der Waals surface area (Å²) < 4.78 is 13.2. The maximum atomic E-state index is 13.2. The van der Waals surface area contributed by atoms with Crippen LogP contribution in [0.4, 0.5) is 4.39 Å². The van der Waals surface area contributed by atoms with E-state index in [9.17, 15) is 19.1 Å². The van der Waals surface area contributed by atoms with Crippen LogP contribution in [0.5, 0.6) is 0 Å². The molecule has 3 N–H and O–H groups in total. The molecule has 0 bridgehead atoms. The number of hydrogen-bond donors (Lipinski definition) is 3. The molecule has 2 rings (SSSR count). The van der Waals surface area contributed by atoms with E-state index in [0.29, 0.717) is 16.7 Å². The number of carbonyl (C=O) groups is 2. The normalized spacial score (nSPS) is 13.1. The topological polar surface area (TPSA) is 82.2 Å². The lowest BCUT2D eigenvalue weighted by molar-refractivity contribution is -0.141. The maximum Gasteiger partial charge on any atom is 0.326 e. The second-order valence-electron chi connectivity index (χ2n) is 5.04. The molecule has 0 radical (unpaired) electrons. The summed E-state index contributed by atoms with van der Waals surface area (Å²) in [5.41, 5.74) is 1.75. The molecule has 0 saturated heterocycles. The molecule has 5 nitrogen and oxygen atoms in total. The molecule has 1 heterocycles. The van der Waals surface area contributed by atoms with Gasteiger partial charge in [-0.05, 0) is 37.6 Å². The molecular formula is C16H17FN2O3. The Kier molecular flexibility index (Phi) is 4.60. The highest BCUT2D eigenvalue weighted by Crippen LogP contribution is 2.20. The van der Waals surface area contributed by atoms with Crippen LogP contribution in [0.15, 0.2) is 36.0 Å². The lowest BCUT2D eigenvalue weighted by Gasteiger charge is -2.14. The average Bonchev–Trinajstić information content (AvgIpc) is 2.87. The molecule has 1 atom stereocenters. The van der Waals surface area contributed by atoms with Gasteiger partial charge in [-0.1, -0.05) is 6.08 Å². The summed E-state index contributed by atoms with van der Waals surface area (Å²) in [4.78, 5) is 26.1. The van der Waals surface area contributed by atoms with Crippen molar-refractivity contribution in [3.63, 3.8) is 0 Å². The van der Waals surface area contributed by atoms with Gasteiger partial charge in [-0.2, -0.15) is 0 Å². The van der Waals surface area contributed by atoms with Crippen LogP contribution in [0.3, 0.4) is 0 Å². The molecule has 116 valence electrons. The Morgan fingerprint density at radius 1 is 1.45 bits per heavy atom. The van der Waals surface area contributed by atoms with Crippen LogP contribution < -0.4 is 5.32 Å². The van der Waals surface area contributed by atoms with E-state index in [-0.39, 0.29) is 12.2 Å². The lowest BCUT2D eigenvalue weighted by Crippen LogP contribution is -2.42. The summed E-state index contributed by atoms with van der Waals surface area (Å²) in [7, 11) is 0. The van der Waals surface area contributed by atoms with Gasteiger partial charge in [-0.3, -0.25) is 4.79 Å². The number of fused-ring (bicyclic) bond motifs is 1. The molecule has 6 heteroatoms. The fourth-order valence-electron chi connectivity index (χ4n) is 2.15. The number of nitrogens with one attached hydrogen (secondary N) is 2. The standard InChI is InChI=1S/C16H17FN2O3/c1-3-9(2)15(20)19-14(16(21)22)6-10-8-18-13-7-11(17)4-5-12(10)13/h3-5,7-8,14,18H,6H2,1-2H3,(H,19,20)(H,21,22). The number of carboxylic acid groups (broad SMARTS) is 1. The van der Waals surface area contributed by atoms with Crippen molar-refractivity contribution in [3.8, 4) is 0 Å². The Morgan fingerprint density at radius 2 is 2.18 bits per heavy atom. The summed E-state index contributed by atoms with van der Waals surface area (Å²) >= 11 is 0. The number of carboxylic acids is 1. The van der Waals surface area contributed by atoms with Gasteiger partial charge < -0.3 is 15.4 Å². The zero-order valence-corrected chi connectivity index (χ0v) is 12.3. The van der Waals surface area contributed by atoms with Gasteiger partial charge >= 0.3 is 5.97 Å². The van der Waals surface area contributed by atoms with Gasteiger partial charge in [0.15, 0.2) is 0 Å². The lowest BCUT2D eigenvalue weighted by atomic mass is 10.0. The number of rotatable bonds is 5. The van der Waals surface area contributed by atoms with E-state index in [1.165, 1.54) is 12.1 Å². The Bertz CT molecular complexity index is 749. The summed E-state index contributed by atoms with van der Waals surface area (Å²) in [6, 6.07) is 3.20. The fourth-order valence-corrected chi connectivity index (χ4v) is 2.15. The summed E-state index contributed by atoms with van der Waals surface area (Å²) in [5, 5.41) is 12.5. The number of H-pyrrole nitrogens is 1. The van der Waals surface area contributed by atoms with Crippen molar-refractivity contribution in [2.45, 2.75) is 26.3 Å². The molecule has 0 aliphatic heterocycles. The van der Waals surface area contributed by atoms with Crippen molar-refractivity contribution in [1.82, 2.24) is 10.3 Å². The van der Waals surface area contributed by atoms with Crippen LogP contribution in [0, 0.1) is 5.82 Å². The van der Waals surface area contributed by atoms with Crippen LogP contribution >= 0.6 is 0 Å². The van der Waals surface area contributed by atoms with E-state index < -0.39 is 17.9 Å². The Balaban J connectivity index is 2.23. The molecule has 0 saturated carbocycles. The zero-order valence-electron chi connectivity index (χ0n) is 12.3. The minimum atomic E-state index is -1.12. The number of halogens is 1. The van der Waals surface area contributed by atoms with Gasteiger partial charge in [0.2, 0.25) is 5.91 Å². The van der Waals surface area contributed by atoms with Crippen molar-refractivity contribution >= 4 is 22.8 Å². The number of aromatic nitrogens is 1. The summed E-state index contributed by atoms with van der Waals surface area (Å²) in [6.45, 7) is 3.32. The van der Waals surface area contributed by atoms with Crippen LogP contribution in [0.25, 0.3) is 10.9 Å². The molecule has 22 heavy (non-hydrogen) atoms. The second-order valence-corrected chi connectivity index (χ2v) is 5.04. The fraction of sp³-hybridized carbons (Fsp3) is 0.250. The number of carbonyl (C=O) groups excluding carboxylic acids is 1. The third-order valence-electron chi connectivity index (χ3n) is 3.55. The molecule has 1 amide bonds. The van der Waals surface area contributed by atoms with Crippen LogP contribution in [-0.4, -0.2) is 28.0 Å². The molecule has 1 aromatic carbocycles. The SMILES string of the molecule is CC=C(C)C(=O)NC(Cc1c[nH]c2cc(F)ccc12)C(=O)O. The van der Waals surface area contributed by atoms with Gasteiger partial charge in [0.05, 0.1) is 0 Å². The van der Waals surface area contributed by atoms with E-state index >= 15 is 0 Å². The van der Waals surface area contributed by atoms with E-state index in [0.717, 1.165) is 5.39 Å². The minimum Gasteiger partial charge on any atom is -0.480 e. The second kappa shape index (κ2) is 6.43. The number of hydrogen-bond acceptors (Lipinski definition) is 2. The molecular weight excluding hydrogens is 287 g/mol. The number of benzene rings is 1. The van der Waals surface area contributed by atoms with Crippen LogP contribution in [0.2, 0.25) is 0 Å². The highest BCUT2D eigenvalue weighted by Gasteiger charge is 2.22. The van der Waals surface area contributed by atoms with Gasteiger partial charge in [0, 0.05) is 29.1 Å². The largest absolute Gasteiger partial charge is 0.480 e. The number of amides is 1. The number of aromatic amines is 1. The first-order chi connectivity index (χ1) is 10.4. The quantitative estimate of drug-likeness (QED) is 0.742. The Hall–Kier alpha value is -2.63. The van der Waals surface area contributed by atoms with Crippen LogP contribution in [0.1, 0.15) is 19.4 Å². The molecule has 0 spiro atoms. The minimum absolute atomic E-state index is 0.115. The zero-order chi connectivity index (χ0) is 16.3. The molecule has 1 unspecified atom stereocenters. The van der Waals surface area contributed by atoms with Gasteiger partial charge in [0.1, 0.15) is 11.9 Å². The van der Waals surface area contributed by atoms with Crippen molar-refractivity contribution < 1.29 is 19.1 Å². The Labute approximate surface area is 126 Å². The number of aliphatic carboxylic acids is 1. The maximum absolute atomic E-state index is 13.2. The van der Waals surface area contributed by atoms with Crippen molar-refractivity contribution in [2.24, 2.45) is 0 Å². The predicted octanol–water partition coefficient (Wildman–Crippen LogP) is 2.39. The monoisotopic (exact) mass is 304 g/mol. The third-order valence-corrected chi connectivity index (χ3v) is 3.55. The summed E-state index contributed by atoms with van der Waals surface area (Å²) in [5.74, 6) is -1.90. The van der Waals surface area contributed by atoms with Crippen molar-refractivity contribution in [2.75, 3.05) is 0 Å². The first-order valence-electron chi connectivity index (χ1n) is 6.84. The predicted molar refractivity (Wildman–Crippen MR) is 81.0 cm³/mol. The highest BCUT2D eigenvalue weighted by atomic mass is 19.1. The average molecular weight is 304 g/mol. The van der Waals surface area contributed by atoms with Crippen LogP contribution in [-0.2, 0) is 16.0 Å². The Morgan fingerprint density at radius 3 is 2.82 bits per heavy atom. The molecule has 0 aliphatic carbocycles. The third kappa shape index (κ3) is 3.33. The van der Waals surface area contributed by atoms with E-state index in [2.05, 4.69) is 10.3 Å². The molecule has 0 aliphatic rings. The molecule has 0 fully saturated rings. The van der Waals surface area contributed by atoms with E-state index in [1.54, 1.807) is 32.2 Å². The van der Waals surface area contributed by atoms with Gasteiger partial charge in [-0.15, -0.1) is 0 Å². The highest BCUT2D eigenvalue weighted by molar-refractivity contribution is 5.95.